The van der Waals surface area contributed by atoms with Gasteiger partial charge in [0.2, 0.25) is 0 Å². The van der Waals surface area contributed by atoms with Crippen LogP contribution in [0.5, 0.6) is 0 Å². The van der Waals surface area contributed by atoms with E-state index in [-0.39, 0.29) is 5.56 Å². The summed E-state index contributed by atoms with van der Waals surface area (Å²) in [5.41, 5.74) is 0.957. The Kier molecular flexibility index (Phi) is 4.19. The van der Waals surface area contributed by atoms with Crippen molar-refractivity contribution in [3.8, 4) is 5.69 Å². The molecule has 0 saturated heterocycles. The SMILES string of the molecule is O=C(COCC(F)(F)F)c1cnn(-c2ccccc2)c1. The molecule has 0 saturated carbocycles. The van der Waals surface area contributed by atoms with Gasteiger partial charge in [-0.3, -0.25) is 4.79 Å². The highest BCUT2D eigenvalue weighted by Crippen LogP contribution is 2.15. The van der Waals surface area contributed by atoms with Crippen molar-refractivity contribution < 1.29 is 22.7 Å². The maximum atomic E-state index is 11.9. The molecule has 106 valence electrons. The van der Waals surface area contributed by atoms with Gasteiger partial charge in [-0.15, -0.1) is 0 Å². The Bertz CT molecular complexity index is 579. The number of ether oxygens (including phenoxy) is 1. The number of hydrogen-bond acceptors (Lipinski definition) is 3. The summed E-state index contributed by atoms with van der Waals surface area (Å²) in [6.45, 7) is -2.06. The van der Waals surface area contributed by atoms with Crippen molar-refractivity contribution in [3.05, 3.63) is 48.3 Å². The molecule has 0 spiro atoms. The first-order chi connectivity index (χ1) is 9.46. The van der Waals surface area contributed by atoms with Crippen LogP contribution in [0.15, 0.2) is 42.7 Å². The highest BCUT2D eigenvalue weighted by molar-refractivity contribution is 5.96. The predicted molar refractivity (Wildman–Crippen MR) is 64.8 cm³/mol. The lowest BCUT2D eigenvalue weighted by Crippen LogP contribution is -2.20. The van der Waals surface area contributed by atoms with Crippen LogP contribution in [0.4, 0.5) is 13.2 Å². The summed E-state index contributed by atoms with van der Waals surface area (Å²) in [4.78, 5) is 11.6. The quantitative estimate of drug-likeness (QED) is 0.793. The first-order valence-electron chi connectivity index (χ1n) is 5.73. The van der Waals surface area contributed by atoms with E-state index in [4.69, 9.17) is 0 Å². The molecule has 0 radical (unpaired) electrons. The van der Waals surface area contributed by atoms with Gasteiger partial charge in [0.05, 0.1) is 17.4 Å². The molecule has 0 unspecified atom stereocenters. The summed E-state index contributed by atoms with van der Waals surface area (Å²) in [6, 6.07) is 9.04. The molecule has 2 aromatic rings. The Hall–Kier alpha value is -2.15. The van der Waals surface area contributed by atoms with Gasteiger partial charge in [-0.2, -0.15) is 18.3 Å². The summed E-state index contributed by atoms with van der Waals surface area (Å²) in [7, 11) is 0. The fraction of sp³-hybridized carbons (Fsp3) is 0.231. The van der Waals surface area contributed by atoms with E-state index in [0.29, 0.717) is 0 Å². The van der Waals surface area contributed by atoms with E-state index in [1.165, 1.54) is 17.1 Å². The van der Waals surface area contributed by atoms with Crippen molar-refractivity contribution in [1.82, 2.24) is 9.78 Å². The van der Waals surface area contributed by atoms with E-state index in [1.807, 2.05) is 18.2 Å². The van der Waals surface area contributed by atoms with Gasteiger partial charge in [-0.25, -0.2) is 4.68 Å². The first kappa shape index (κ1) is 14.3. The van der Waals surface area contributed by atoms with Crippen LogP contribution in [0.2, 0.25) is 0 Å². The highest BCUT2D eigenvalue weighted by atomic mass is 19.4. The van der Waals surface area contributed by atoms with Gasteiger partial charge in [-0.1, -0.05) is 18.2 Å². The normalized spacial score (nSPS) is 11.6. The minimum Gasteiger partial charge on any atom is -0.364 e. The third-order valence-electron chi connectivity index (χ3n) is 2.42. The Morgan fingerprint density at radius 1 is 1.25 bits per heavy atom. The molecule has 7 heteroatoms. The number of rotatable bonds is 5. The van der Waals surface area contributed by atoms with Crippen molar-refractivity contribution in [2.45, 2.75) is 6.18 Å². The smallest absolute Gasteiger partial charge is 0.364 e. The summed E-state index contributed by atoms with van der Waals surface area (Å²) < 4.78 is 41.4. The topological polar surface area (TPSA) is 44.1 Å². The monoisotopic (exact) mass is 284 g/mol. The second-order valence-electron chi connectivity index (χ2n) is 4.04. The number of para-hydroxylation sites is 1. The van der Waals surface area contributed by atoms with Crippen LogP contribution >= 0.6 is 0 Å². The Morgan fingerprint density at radius 3 is 2.60 bits per heavy atom. The van der Waals surface area contributed by atoms with Crippen molar-refractivity contribution >= 4 is 5.78 Å². The third kappa shape index (κ3) is 3.92. The largest absolute Gasteiger partial charge is 0.411 e. The van der Waals surface area contributed by atoms with Gasteiger partial charge >= 0.3 is 6.18 Å². The summed E-state index contributed by atoms with van der Waals surface area (Å²) in [6.07, 6.45) is -1.69. The maximum absolute atomic E-state index is 11.9. The molecule has 2 rings (SSSR count). The molecule has 0 aliphatic heterocycles. The molecule has 0 fully saturated rings. The van der Waals surface area contributed by atoms with E-state index >= 15 is 0 Å². The fourth-order valence-corrected chi connectivity index (χ4v) is 1.53. The number of nitrogens with zero attached hydrogens (tertiary/aromatic N) is 2. The molecule has 0 aliphatic rings. The Labute approximate surface area is 112 Å². The van der Waals surface area contributed by atoms with E-state index < -0.39 is 25.2 Å². The summed E-state index contributed by atoms with van der Waals surface area (Å²) >= 11 is 0. The molecule has 0 aliphatic carbocycles. The summed E-state index contributed by atoms with van der Waals surface area (Å²) in [5, 5.41) is 3.98. The predicted octanol–water partition coefficient (Wildman–Crippen LogP) is 2.63. The number of hydrogen-bond donors (Lipinski definition) is 0. The molecule has 0 bridgehead atoms. The van der Waals surface area contributed by atoms with Crippen LogP contribution in [0.25, 0.3) is 5.69 Å². The molecule has 0 N–H and O–H groups in total. The van der Waals surface area contributed by atoms with Crippen LogP contribution in [0.1, 0.15) is 10.4 Å². The Morgan fingerprint density at radius 2 is 1.95 bits per heavy atom. The standard InChI is InChI=1S/C13H11F3N2O2/c14-13(15,16)9-20-8-12(19)10-6-17-18(7-10)11-4-2-1-3-5-11/h1-7H,8-9H2. The molecule has 1 heterocycles. The van der Waals surface area contributed by atoms with Gasteiger partial charge in [0.15, 0.2) is 5.78 Å². The summed E-state index contributed by atoms with van der Waals surface area (Å²) in [5.74, 6) is -0.545. The lowest BCUT2D eigenvalue weighted by Gasteiger charge is -2.05. The first-order valence-corrected chi connectivity index (χ1v) is 5.73. The molecule has 1 aromatic heterocycles. The van der Waals surface area contributed by atoms with Gasteiger partial charge in [0.25, 0.3) is 0 Å². The lowest BCUT2D eigenvalue weighted by molar-refractivity contribution is -0.170. The van der Waals surface area contributed by atoms with Crippen molar-refractivity contribution in [2.24, 2.45) is 0 Å². The molecular weight excluding hydrogens is 273 g/mol. The van der Waals surface area contributed by atoms with Crippen LogP contribution < -0.4 is 0 Å². The average Bonchev–Trinajstić information content (AvgIpc) is 2.88. The van der Waals surface area contributed by atoms with Gasteiger partial charge in [0.1, 0.15) is 13.2 Å². The minimum atomic E-state index is -4.44. The minimum absolute atomic E-state index is 0.205. The van der Waals surface area contributed by atoms with Gasteiger partial charge in [-0.05, 0) is 12.1 Å². The average molecular weight is 284 g/mol. The lowest BCUT2D eigenvalue weighted by atomic mass is 10.2. The van der Waals surface area contributed by atoms with Crippen LogP contribution in [0, 0.1) is 0 Å². The second kappa shape index (κ2) is 5.87. The molecule has 20 heavy (non-hydrogen) atoms. The van der Waals surface area contributed by atoms with Crippen LogP contribution in [-0.4, -0.2) is 35.0 Å². The van der Waals surface area contributed by atoms with Crippen LogP contribution in [-0.2, 0) is 4.74 Å². The number of benzene rings is 1. The molecule has 0 amide bonds. The third-order valence-corrected chi connectivity index (χ3v) is 2.42. The van der Waals surface area contributed by atoms with Crippen molar-refractivity contribution in [2.75, 3.05) is 13.2 Å². The fourth-order valence-electron chi connectivity index (χ4n) is 1.53. The molecule has 4 nitrogen and oxygen atoms in total. The zero-order valence-electron chi connectivity index (χ0n) is 10.3. The van der Waals surface area contributed by atoms with E-state index in [1.54, 1.807) is 12.1 Å². The number of carbonyl (C=O) groups excluding carboxylic acids is 1. The number of Topliss-reactive ketones (excluding diaryl/α,β-unsaturated/α-hetero) is 1. The van der Waals surface area contributed by atoms with E-state index in [0.717, 1.165) is 5.69 Å². The molecular formula is C13H11F3N2O2. The number of ketones is 1. The van der Waals surface area contributed by atoms with Crippen LogP contribution in [0.3, 0.4) is 0 Å². The maximum Gasteiger partial charge on any atom is 0.411 e. The number of halogens is 3. The molecule has 1 aromatic carbocycles. The van der Waals surface area contributed by atoms with Crippen molar-refractivity contribution in [3.63, 3.8) is 0 Å². The molecule has 0 atom stereocenters. The number of carbonyl (C=O) groups is 1. The van der Waals surface area contributed by atoms with E-state index in [2.05, 4.69) is 9.84 Å². The number of alkyl halides is 3. The zero-order chi connectivity index (χ0) is 14.6. The second-order valence-corrected chi connectivity index (χ2v) is 4.04. The Balaban J connectivity index is 1.97. The van der Waals surface area contributed by atoms with Gasteiger partial charge in [0, 0.05) is 6.20 Å². The number of aromatic nitrogens is 2. The zero-order valence-corrected chi connectivity index (χ0v) is 10.3. The highest BCUT2D eigenvalue weighted by Gasteiger charge is 2.27. The van der Waals surface area contributed by atoms with E-state index in [9.17, 15) is 18.0 Å². The van der Waals surface area contributed by atoms with Gasteiger partial charge < -0.3 is 4.74 Å². The van der Waals surface area contributed by atoms with Crippen molar-refractivity contribution in [1.29, 1.82) is 0 Å².